The van der Waals surface area contributed by atoms with Gasteiger partial charge in [0.05, 0.1) is 6.04 Å². The smallest absolute Gasteiger partial charge is 0.126 e. The predicted molar refractivity (Wildman–Crippen MR) is 72.9 cm³/mol. The third-order valence-electron chi connectivity index (χ3n) is 3.24. The summed E-state index contributed by atoms with van der Waals surface area (Å²) in [5.41, 5.74) is 1.68. The number of rotatable bonds is 3. The number of benzene rings is 1. The largest absolute Gasteiger partial charge is 0.345 e. The fraction of sp³-hybridized carbons (Fsp3) is 0.333. The zero-order chi connectivity index (χ0) is 13.3. The molecular weight excluding hydrogens is 227 g/mol. The molecule has 0 saturated heterocycles. The summed E-state index contributed by atoms with van der Waals surface area (Å²) in [6, 6.07) is 5.39. The van der Waals surface area contributed by atoms with E-state index in [1.807, 2.05) is 37.3 Å². The van der Waals surface area contributed by atoms with Crippen molar-refractivity contribution in [3.63, 3.8) is 0 Å². The Morgan fingerprint density at radius 2 is 2.17 bits per heavy atom. The van der Waals surface area contributed by atoms with Crippen LogP contribution < -0.4 is 0 Å². The lowest BCUT2D eigenvalue weighted by molar-refractivity contribution is 0.324. The van der Waals surface area contributed by atoms with Crippen LogP contribution in [-0.4, -0.2) is 29.6 Å². The highest BCUT2D eigenvalue weighted by molar-refractivity contribution is 5.81. The van der Waals surface area contributed by atoms with Crippen molar-refractivity contribution in [2.24, 2.45) is 0 Å². The first-order chi connectivity index (χ1) is 8.52. The van der Waals surface area contributed by atoms with Gasteiger partial charge in [-0.15, -0.1) is 6.42 Å². The lowest BCUT2D eigenvalue weighted by atomic mass is 10.1. The number of fused-ring (bicyclic) bond motifs is 1. The lowest BCUT2D eigenvalue weighted by Gasteiger charge is -2.20. The van der Waals surface area contributed by atoms with E-state index in [0.717, 1.165) is 10.9 Å². The summed E-state index contributed by atoms with van der Waals surface area (Å²) >= 11 is 0. The Morgan fingerprint density at radius 3 is 2.78 bits per heavy atom. The van der Waals surface area contributed by atoms with E-state index in [9.17, 15) is 4.39 Å². The van der Waals surface area contributed by atoms with E-state index in [0.29, 0.717) is 12.1 Å². The average molecular weight is 244 g/mol. The number of halogens is 1. The molecule has 0 fully saturated rings. The molecule has 0 N–H and O–H groups in total. The normalized spacial score (nSPS) is 12.9. The summed E-state index contributed by atoms with van der Waals surface area (Å²) < 4.78 is 15.5. The fourth-order valence-electron chi connectivity index (χ4n) is 2.03. The molecule has 1 aromatic carbocycles. The Balaban J connectivity index is 2.41. The first kappa shape index (κ1) is 12.7. The maximum absolute atomic E-state index is 13.5. The quantitative estimate of drug-likeness (QED) is 0.754. The van der Waals surface area contributed by atoms with Gasteiger partial charge in [-0.25, -0.2) is 4.39 Å². The fourth-order valence-corrected chi connectivity index (χ4v) is 2.03. The number of nitrogens with zero attached hydrogens (tertiary/aromatic N) is 2. The highest BCUT2D eigenvalue weighted by Crippen LogP contribution is 2.20. The molecule has 3 heteroatoms. The van der Waals surface area contributed by atoms with Gasteiger partial charge in [0.25, 0.3) is 0 Å². The van der Waals surface area contributed by atoms with E-state index >= 15 is 0 Å². The van der Waals surface area contributed by atoms with Gasteiger partial charge in [0.1, 0.15) is 5.82 Å². The monoisotopic (exact) mass is 244 g/mol. The third-order valence-corrected chi connectivity index (χ3v) is 3.24. The standard InChI is InChI=1S/C15H17FN2/c1-5-13(17(3)4)10-18-7-6-12-9-14(16)11(2)8-15(12)18/h1,6-9,13H,10H2,2-4H3/t13-/m1/s1. The van der Waals surface area contributed by atoms with Crippen LogP contribution in [0, 0.1) is 25.1 Å². The minimum Gasteiger partial charge on any atom is -0.345 e. The first-order valence-corrected chi connectivity index (χ1v) is 5.90. The zero-order valence-electron chi connectivity index (χ0n) is 10.9. The number of likely N-dealkylation sites (N-methyl/N-ethyl adjacent to an activating group) is 1. The molecule has 1 atom stereocenters. The zero-order valence-corrected chi connectivity index (χ0v) is 10.9. The number of hydrogen-bond donors (Lipinski definition) is 0. The van der Waals surface area contributed by atoms with Crippen LogP contribution in [0.3, 0.4) is 0 Å². The Kier molecular flexibility index (Phi) is 3.40. The molecule has 0 aliphatic rings. The van der Waals surface area contributed by atoms with Crippen molar-refractivity contribution in [1.82, 2.24) is 9.47 Å². The summed E-state index contributed by atoms with van der Waals surface area (Å²) in [7, 11) is 3.92. The van der Waals surface area contributed by atoms with Crippen molar-refractivity contribution < 1.29 is 4.39 Å². The molecule has 0 saturated carbocycles. The van der Waals surface area contributed by atoms with Gasteiger partial charge in [0, 0.05) is 23.6 Å². The van der Waals surface area contributed by atoms with Crippen LogP contribution in [0.4, 0.5) is 4.39 Å². The summed E-state index contributed by atoms with van der Waals surface area (Å²) in [5.74, 6) is 2.60. The first-order valence-electron chi connectivity index (χ1n) is 5.90. The third kappa shape index (κ3) is 2.25. The van der Waals surface area contributed by atoms with Crippen LogP contribution >= 0.6 is 0 Å². The maximum Gasteiger partial charge on any atom is 0.126 e. The van der Waals surface area contributed by atoms with Crippen LogP contribution in [0.15, 0.2) is 24.4 Å². The summed E-state index contributed by atoms with van der Waals surface area (Å²) in [5, 5.41) is 0.910. The molecule has 2 rings (SSSR count). The van der Waals surface area contributed by atoms with Crippen LogP contribution in [0.25, 0.3) is 10.9 Å². The molecule has 0 amide bonds. The molecule has 0 spiro atoms. The Hall–Kier alpha value is -1.79. The van der Waals surface area contributed by atoms with Crippen molar-refractivity contribution >= 4 is 10.9 Å². The molecule has 94 valence electrons. The van der Waals surface area contributed by atoms with Crippen molar-refractivity contribution in [2.75, 3.05) is 14.1 Å². The van der Waals surface area contributed by atoms with Crippen molar-refractivity contribution in [1.29, 1.82) is 0 Å². The molecule has 2 nitrogen and oxygen atoms in total. The van der Waals surface area contributed by atoms with Gasteiger partial charge in [0.15, 0.2) is 0 Å². The number of aryl methyl sites for hydroxylation is 1. The Labute approximate surface area is 107 Å². The van der Waals surface area contributed by atoms with Crippen molar-refractivity contribution in [3.05, 3.63) is 35.8 Å². The van der Waals surface area contributed by atoms with E-state index in [2.05, 4.69) is 10.5 Å². The van der Waals surface area contributed by atoms with Gasteiger partial charge in [-0.2, -0.15) is 0 Å². The molecule has 0 aliphatic heterocycles. The lowest BCUT2D eigenvalue weighted by Crippen LogP contribution is -2.30. The SMILES string of the molecule is C#C[C@H](Cn1ccc2cc(F)c(C)cc21)N(C)C. The minimum absolute atomic E-state index is 0.0333. The predicted octanol–water partition coefficient (Wildman–Crippen LogP) is 2.65. The number of aromatic nitrogens is 1. The molecule has 2 aromatic rings. The second kappa shape index (κ2) is 4.83. The van der Waals surface area contributed by atoms with Crippen LogP contribution in [-0.2, 0) is 6.54 Å². The maximum atomic E-state index is 13.5. The van der Waals surface area contributed by atoms with Gasteiger partial charge in [0.2, 0.25) is 0 Å². The van der Waals surface area contributed by atoms with Gasteiger partial charge < -0.3 is 4.57 Å². The average Bonchev–Trinajstić information content (AvgIpc) is 2.69. The molecular formula is C15H17FN2. The second-order valence-corrected chi connectivity index (χ2v) is 4.77. The number of terminal acetylenes is 1. The van der Waals surface area contributed by atoms with Gasteiger partial charge in [-0.05, 0) is 44.8 Å². The highest BCUT2D eigenvalue weighted by atomic mass is 19.1. The topological polar surface area (TPSA) is 8.17 Å². The molecule has 1 heterocycles. The summed E-state index contributed by atoms with van der Waals surface area (Å²) in [6.07, 6.45) is 7.48. The molecule has 18 heavy (non-hydrogen) atoms. The van der Waals surface area contributed by atoms with E-state index in [4.69, 9.17) is 6.42 Å². The summed E-state index contributed by atoms with van der Waals surface area (Å²) in [4.78, 5) is 2.00. The summed E-state index contributed by atoms with van der Waals surface area (Å²) in [6.45, 7) is 2.48. The molecule has 0 bridgehead atoms. The highest BCUT2D eigenvalue weighted by Gasteiger charge is 2.11. The van der Waals surface area contributed by atoms with Crippen molar-refractivity contribution in [3.8, 4) is 12.3 Å². The van der Waals surface area contributed by atoms with Gasteiger partial charge in [-0.1, -0.05) is 5.92 Å². The second-order valence-electron chi connectivity index (χ2n) is 4.77. The molecule has 0 unspecified atom stereocenters. The number of hydrogen-bond acceptors (Lipinski definition) is 1. The van der Waals surface area contributed by atoms with Crippen LogP contribution in [0.1, 0.15) is 5.56 Å². The van der Waals surface area contributed by atoms with E-state index in [-0.39, 0.29) is 11.9 Å². The van der Waals surface area contributed by atoms with E-state index in [1.165, 1.54) is 0 Å². The van der Waals surface area contributed by atoms with Crippen LogP contribution in [0.5, 0.6) is 0 Å². The Bertz CT molecular complexity index is 605. The molecule has 0 aliphatic carbocycles. The van der Waals surface area contributed by atoms with Crippen LogP contribution in [0.2, 0.25) is 0 Å². The minimum atomic E-state index is -0.165. The molecule has 1 aromatic heterocycles. The van der Waals surface area contributed by atoms with Crippen molar-refractivity contribution in [2.45, 2.75) is 19.5 Å². The van der Waals surface area contributed by atoms with Gasteiger partial charge >= 0.3 is 0 Å². The van der Waals surface area contributed by atoms with E-state index < -0.39 is 0 Å². The van der Waals surface area contributed by atoms with E-state index in [1.54, 1.807) is 13.0 Å². The Morgan fingerprint density at radius 1 is 1.44 bits per heavy atom. The van der Waals surface area contributed by atoms with Gasteiger partial charge in [-0.3, -0.25) is 4.90 Å². The molecule has 0 radical (unpaired) electrons.